The van der Waals surface area contributed by atoms with E-state index < -0.39 is 0 Å². The number of hydrogen-bond acceptors (Lipinski definition) is 2. The van der Waals surface area contributed by atoms with E-state index in [1.54, 1.807) is 6.92 Å². The molecule has 0 aliphatic heterocycles. The second-order valence-corrected chi connectivity index (χ2v) is 4.84. The summed E-state index contributed by atoms with van der Waals surface area (Å²) in [6.07, 6.45) is 2.59. The lowest BCUT2D eigenvalue weighted by Gasteiger charge is -2.29. The largest absolute Gasteiger partial charge is 0.378 e. The van der Waals surface area contributed by atoms with E-state index in [1.165, 1.54) is 5.56 Å². The molecule has 104 valence electrons. The van der Waals surface area contributed by atoms with Crippen LogP contribution in [0.1, 0.15) is 38.7 Å². The summed E-state index contributed by atoms with van der Waals surface area (Å²) in [5, 5.41) is 0. The van der Waals surface area contributed by atoms with Gasteiger partial charge in [-0.2, -0.15) is 0 Å². The number of hydrogen-bond donors (Lipinski definition) is 0. The number of benzene rings is 1. The summed E-state index contributed by atoms with van der Waals surface area (Å²) in [6, 6.07) is 10.1. The van der Waals surface area contributed by atoms with Gasteiger partial charge in [0, 0.05) is 6.61 Å². The smallest absolute Gasteiger partial charge is 0.136 e. The van der Waals surface area contributed by atoms with Crippen LogP contribution in [0.25, 0.3) is 0 Å². The average molecular weight is 260 g/mol. The molecular formula is C17H24O2. The van der Waals surface area contributed by atoms with E-state index in [4.69, 9.17) is 4.74 Å². The van der Waals surface area contributed by atoms with E-state index in [2.05, 4.69) is 18.7 Å². The van der Waals surface area contributed by atoms with Crippen molar-refractivity contribution in [3.8, 4) is 0 Å². The average Bonchev–Trinajstić information content (AvgIpc) is 2.39. The van der Waals surface area contributed by atoms with E-state index in [1.807, 2.05) is 38.1 Å². The molecular weight excluding hydrogens is 236 g/mol. The first-order chi connectivity index (χ1) is 9.11. The fourth-order valence-corrected chi connectivity index (χ4v) is 2.68. The maximum Gasteiger partial charge on any atom is 0.136 e. The van der Waals surface area contributed by atoms with Crippen molar-refractivity contribution in [1.82, 2.24) is 0 Å². The summed E-state index contributed by atoms with van der Waals surface area (Å²) < 4.78 is 5.66. The Morgan fingerprint density at radius 3 is 2.47 bits per heavy atom. The van der Waals surface area contributed by atoms with Crippen molar-refractivity contribution in [2.45, 2.75) is 39.2 Å². The van der Waals surface area contributed by atoms with Crippen LogP contribution in [-0.4, -0.2) is 18.5 Å². The number of ether oxygens (including phenoxy) is 1. The van der Waals surface area contributed by atoms with Crippen LogP contribution >= 0.6 is 0 Å². The van der Waals surface area contributed by atoms with Gasteiger partial charge in [-0.15, -0.1) is 6.58 Å². The van der Waals surface area contributed by atoms with Gasteiger partial charge in [-0.3, -0.25) is 4.79 Å². The lowest BCUT2D eigenvalue weighted by Crippen LogP contribution is -2.32. The molecule has 0 aliphatic carbocycles. The molecule has 0 saturated carbocycles. The number of rotatable bonds is 8. The van der Waals surface area contributed by atoms with Crippen LogP contribution < -0.4 is 0 Å². The van der Waals surface area contributed by atoms with Crippen molar-refractivity contribution in [3.63, 3.8) is 0 Å². The van der Waals surface area contributed by atoms with E-state index in [9.17, 15) is 4.79 Å². The molecule has 2 heteroatoms. The molecule has 3 atom stereocenters. The highest BCUT2D eigenvalue weighted by molar-refractivity contribution is 5.80. The lowest BCUT2D eigenvalue weighted by molar-refractivity contribution is -0.126. The van der Waals surface area contributed by atoms with Crippen LogP contribution in [0.3, 0.4) is 0 Å². The minimum atomic E-state index is -0.125. The number of ketones is 1. The quantitative estimate of drug-likeness (QED) is 0.661. The van der Waals surface area contributed by atoms with Crippen molar-refractivity contribution in [2.24, 2.45) is 5.92 Å². The molecule has 0 fully saturated rings. The topological polar surface area (TPSA) is 26.3 Å². The van der Waals surface area contributed by atoms with Crippen LogP contribution in [0.4, 0.5) is 0 Å². The summed E-state index contributed by atoms with van der Waals surface area (Å²) in [5.74, 6) is 0.190. The van der Waals surface area contributed by atoms with Gasteiger partial charge in [0.2, 0.25) is 0 Å². The zero-order valence-electron chi connectivity index (χ0n) is 12.1. The first-order valence-corrected chi connectivity index (χ1v) is 6.89. The normalized spacial score (nSPS) is 15.5. The van der Waals surface area contributed by atoms with Gasteiger partial charge in [-0.25, -0.2) is 0 Å². The molecule has 0 radical (unpaired) electrons. The third kappa shape index (κ3) is 4.32. The van der Waals surface area contributed by atoms with Gasteiger partial charge in [0.25, 0.3) is 0 Å². The van der Waals surface area contributed by atoms with Gasteiger partial charge in [-0.1, -0.05) is 36.4 Å². The molecule has 0 spiro atoms. The van der Waals surface area contributed by atoms with E-state index in [-0.39, 0.29) is 23.7 Å². The Kier molecular flexibility index (Phi) is 6.51. The monoisotopic (exact) mass is 260 g/mol. The van der Waals surface area contributed by atoms with Crippen LogP contribution in [-0.2, 0) is 9.53 Å². The molecule has 0 N–H and O–H groups in total. The molecule has 0 saturated heterocycles. The van der Waals surface area contributed by atoms with Gasteiger partial charge in [0.1, 0.15) is 5.78 Å². The van der Waals surface area contributed by atoms with Gasteiger partial charge >= 0.3 is 0 Å². The molecule has 0 amide bonds. The molecule has 1 aromatic carbocycles. The third-order valence-electron chi connectivity index (χ3n) is 3.49. The molecule has 3 unspecified atom stereocenters. The SMILES string of the molecule is C=CCC(c1ccccc1)C(C(C)=O)C(C)OCC. The van der Waals surface area contributed by atoms with Crippen molar-refractivity contribution in [2.75, 3.05) is 6.61 Å². The van der Waals surface area contributed by atoms with Crippen LogP contribution in [0.2, 0.25) is 0 Å². The Hall–Kier alpha value is -1.41. The number of carbonyl (C=O) groups excluding carboxylic acids is 1. The molecule has 1 rings (SSSR count). The highest BCUT2D eigenvalue weighted by Gasteiger charge is 2.31. The molecule has 0 heterocycles. The zero-order valence-corrected chi connectivity index (χ0v) is 12.1. The number of allylic oxidation sites excluding steroid dienone is 1. The summed E-state index contributed by atoms with van der Waals surface area (Å²) in [7, 11) is 0. The van der Waals surface area contributed by atoms with Crippen LogP contribution in [0.5, 0.6) is 0 Å². The predicted molar refractivity (Wildman–Crippen MR) is 79.3 cm³/mol. The Bertz CT molecular complexity index is 397. The van der Waals surface area contributed by atoms with Crippen molar-refractivity contribution in [3.05, 3.63) is 48.6 Å². The lowest BCUT2D eigenvalue weighted by atomic mass is 9.78. The second kappa shape index (κ2) is 7.90. The Morgan fingerprint density at radius 2 is 2.00 bits per heavy atom. The Balaban J connectivity index is 3.05. The number of Topliss-reactive ketones (excluding diaryl/α,β-unsaturated/α-hetero) is 1. The molecule has 19 heavy (non-hydrogen) atoms. The maximum absolute atomic E-state index is 12.0. The minimum Gasteiger partial charge on any atom is -0.378 e. The first kappa shape index (κ1) is 15.6. The van der Waals surface area contributed by atoms with Crippen molar-refractivity contribution in [1.29, 1.82) is 0 Å². The molecule has 2 nitrogen and oxygen atoms in total. The highest BCUT2D eigenvalue weighted by atomic mass is 16.5. The minimum absolute atomic E-state index is 0.0762. The number of carbonyl (C=O) groups is 1. The van der Waals surface area contributed by atoms with Crippen molar-refractivity contribution < 1.29 is 9.53 Å². The Labute approximate surface area is 116 Å². The van der Waals surface area contributed by atoms with E-state index >= 15 is 0 Å². The highest BCUT2D eigenvalue weighted by Crippen LogP contribution is 2.32. The Morgan fingerprint density at radius 1 is 1.37 bits per heavy atom. The summed E-state index contributed by atoms with van der Waals surface area (Å²) in [4.78, 5) is 12.0. The molecule has 0 bridgehead atoms. The summed E-state index contributed by atoms with van der Waals surface area (Å²) >= 11 is 0. The first-order valence-electron chi connectivity index (χ1n) is 6.89. The van der Waals surface area contributed by atoms with E-state index in [0.29, 0.717) is 6.61 Å². The molecule has 1 aromatic rings. The third-order valence-corrected chi connectivity index (χ3v) is 3.49. The van der Waals surface area contributed by atoms with E-state index in [0.717, 1.165) is 6.42 Å². The summed E-state index contributed by atoms with van der Waals surface area (Å²) in [6.45, 7) is 10.0. The predicted octanol–water partition coefficient (Wildman–Crippen LogP) is 3.98. The maximum atomic E-state index is 12.0. The van der Waals surface area contributed by atoms with Gasteiger partial charge < -0.3 is 4.74 Å². The zero-order chi connectivity index (χ0) is 14.3. The fraction of sp³-hybridized carbons (Fsp3) is 0.471. The standard InChI is InChI=1S/C17H24O2/c1-5-10-16(15-11-8-7-9-12-15)17(13(3)18)14(4)19-6-2/h5,7-9,11-12,14,16-17H,1,6,10H2,2-4H3. The van der Waals surface area contributed by atoms with Gasteiger partial charge in [0.15, 0.2) is 0 Å². The van der Waals surface area contributed by atoms with Gasteiger partial charge in [-0.05, 0) is 38.7 Å². The van der Waals surface area contributed by atoms with Crippen LogP contribution in [0.15, 0.2) is 43.0 Å². The molecule has 0 aliphatic rings. The van der Waals surface area contributed by atoms with Crippen molar-refractivity contribution >= 4 is 5.78 Å². The fourth-order valence-electron chi connectivity index (χ4n) is 2.68. The summed E-state index contributed by atoms with van der Waals surface area (Å²) in [5.41, 5.74) is 1.18. The van der Waals surface area contributed by atoms with Crippen LogP contribution in [0, 0.1) is 5.92 Å². The van der Waals surface area contributed by atoms with Gasteiger partial charge in [0.05, 0.1) is 12.0 Å². The molecule has 0 aromatic heterocycles. The second-order valence-electron chi connectivity index (χ2n) is 4.84.